The van der Waals surface area contributed by atoms with E-state index in [1.54, 1.807) is 13.2 Å². The van der Waals surface area contributed by atoms with Crippen molar-refractivity contribution >= 4 is 29.9 Å². The van der Waals surface area contributed by atoms with Crippen molar-refractivity contribution in [2.75, 3.05) is 7.05 Å². The van der Waals surface area contributed by atoms with Gasteiger partial charge in [-0.05, 0) is 49.9 Å². The zero-order valence-corrected chi connectivity index (χ0v) is 20.7. The average Bonchev–Trinajstić information content (AvgIpc) is 3.30. The SMILES string of the molecule is CN=C(NCc1ccccc1Cn1cccn1)NC(C)Cc1c(C)nn(C)c1C.I. The lowest BCUT2D eigenvalue weighted by atomic mass is 10.1. The van der Waals surface area contributed by atoms with E-state index in [9.17, 15) is 0 Å². The van der Waals surface area contributed by atoms with Gasteiger partial charge in [0.15, 0.2) is 5.96 Å². The van der Waals surface area contributed by atoms with Gasteiger partial charge < -0.3 is 10.6 Å². The van der Waals surface area contributed by atoms with Gasteiger partial charge in [-0.2, -0.15) is 10.2 Å². The number of rotatable bonds is 7. The minimum absolute atomic E-state index is 0. The number of hydrogen-bond donors (Lipinski definition) is 2. The summed E-state index contributed by atoms with van der Waals surface area (Å²) in [5.74, 6) is 0.797. The van der Waals surface area contributed by atoms with Gasteiger partial charge in [-0.3, -0.25) is 14.4 Å². The number of nitrogens with one attached hydrogen (secondary N) is 2. The van der Waals surface area contributed by atoms with Crippen molar-refractivity contribution in [3.05, 3.63) is 70.8 Å². The van der Waals surface area contributed by atoms with Crippen LogP contribution in [0.3, 0.4) is 0 Å². The van der Waals surface area contributed by atoms with Crippen LogP contribution in [0.1, 0.15) is 35.0 Å². The van der Waals surface area contributed by atoms with Gasteiger partial charge in [0, 0.05) is 44.8 Å². The van der Waals surface area contributed by atoms with Crippen LogP contribution in [0, 0.1) is 13.8 Å². The second-order valence-electron chi connectivity index (χ2n) is 7.42. The van der Waals surface area contributed by atoms with Crippen LogP contribution in [0.4, 0.5) is 0 Å². The van der Waals surface area contributed by atoms with E-state index >= 15 is 0 Å². The fraction of sp³-hybridized carbons (Fsp3) is 0.409. The van der Waals surface area contributed by atoms with E-state index in [1.165, 1.54) is 22.4 Å². The summed E-state index contributed by atoms with van der Waals surface area (Å²) in [5.41, 5.74) is 6.08. The number of aryl methyl sites for hydroxylation is 2. The lowest BCUT2D eigenvalue weighted by molar-refractivity contribution is 0.633. The molecule has 0 bridgehead atoms. The van der Waals surface area contributed by atoms with Gasteiger partial charge in [-0.15, -0.1) is 24.0 Å². The Labute approximate surface area is 196 Å². The zero-order chi connectivity index (χ0) is 20.8. The summed E-state index contributed by atoms with van der Waals surface area (Å²) in [4.78, 5) is 4.40. The van der Waals surface area contributed by atoms with Crippen molar-refractivity contribution in [1.29, 1.82) is 0 Å². The summed E-state index contributed by atoms with van der Waals surface area (Å²) < 4.78 is 3.88. The Morgan fingerprint density at radius 1 is 1.17 bits per heavy atom. The summed E-state index contributed by atoms with van der Waals surface area (Å²) in [6.45, 7) is 7.82. The number of hydrogen-bond acceptors (Lipinski definition) is 3. The molecule has 0 amide bonds. The highest BCUT2D eigenvalue weighted by molar-refractivity contribution is 14.0. The molecule has 0 radical (unpaired) electrons. The quantitative estimate of drug-likeness (QED) is 0.285. The number of nitrogens with zero attached hydrogens (tertiary/aromatic N) is 5. The third kappa shape index (κ3) is 6.07. The van der Waals surface area contributed by atoms with Gasteiger partial charge in [-0.25, -0.2) is 0 Å². The molecule has 1 unspecified atom stereocenters. The lowest BCUT2D eigenvalue weighted by Crippen LogP contribution is -2.43. The molecule has 2 N–H and O–H groups in total. The highest BCUT2D eigenvalue weighted by atomic mass is 127. The van der Waals surface area contributed by atoms with Gasteiger partial charge in [0.1, 0.15) is 0 Å². The lowest BCUT2D eigenvalue weighted by Gasteiger charge is -2.19. The van der Waals surface area contributed by atoms with Crippen LogP contribution >= 0.6 is 24.0 Å². The molecule has 0 aliphatic heterocycles. The summed E-state index contributed by atoms with van der Waals surface area (Å²) in [7, 11) is 3.80. The summed E-state index contributed by atoms with van der Waals surface area (Å²) in [6.07, 6.45) is 4.69. The van der Waals surface area contributed by atoms with Crippen molar-refractivity contribution < 1.29 is 0 Å². The third-order valence-electron chi connectivity index (χ3n) is 5.23. The number of guanidine groups is 1. The Balaban J connectivity index is 0.00000320. The molecule has 1 aromatic carbocycles. The summed E-state index contributed by atoms with van der Waals surface area (Å²) in [5, 5.41) is 15.8. The Morgan fingerprint density at radius 2 is 1.90 bits per heavy atom. The monoisotopic (exact) mass is 521 g/mol. The molecule has 1 atom stereocenters. The van der Waals surface area contributed by atoms with Crippen LogP contribution in [-0.4, -0.2) is 38.6 Å². The van der Waals surface area contributed by atoms with Crippen LogP contribution in [-0.2, 0) is 26.6 Å². The second kappa shape index (κ2) is 11.1. The Morgan fingerprint density at radius 3 is 2.50 bits per heavy atom. The van der Waals surface area contributed by atoms with Gasteiger partial charge in [0.25, 0.3) is 0 Å². The molecule has 8 heteroatoms. The predicted molar refractivity (Wildman–Crippen MR) is 132 cm³/mol. The van der Waals surface area contributed by atoms with E-state index in [1.807, 2.05) is 28.7 Å². The fourth-order valence-electron chi connectivity index (χ4n) is 3.53. The first kappa shape index (κ1) is 23.9. The van der Waals surface area contributed by atoms with Crippen LogP contribution in [0.15, 0.2) is 47.7 Å². The summed E-state index contributed by atoms with van der Waals surface area (Å²) in [6, 6.07) is 10.6. The van der Waals surface area contributed by atoms with E-state index in [2.05, 4.69) is 70.9 Å². The number of benzene rings is 1. The maximum Gasteiger partial charge on any atom is 0.191 e. The van der Waals surface area contributed by atoms with Crippen molar-refractivity contribution in [3.63, 3.8) is 0 Å². The molecule has 30 heavy (non-hydrogen) atoms. The maximum atomic E-state index is 4.52. The van der Waals surface area contributed by atoms with Crippen molar-refractivity contribution in [1.82, 2.24) is 30.2 Å². The van der Waals surface area contributed by atoms with Crippen LogP contribution < -0.4 is 10.6 Å². The molecule has 0 saturated carbocycles. The molecular weight excluding hydrogens is 489 g/mol. The molecule has 0 fully saturated rings. The predicted octanol–water partition coefficient (Wildman–Crippen LogP) is 3.20. The molecule has 162 valence electrons. The fourth-order valence-corrected chi connectivity index (χ4v) is 3.53. The van der Waals surface area contributed by atoms with Crippen molar-refractivity contribution in [2.24, 2.45) is 12.0 Å². The highest BCUT2D eigenvalue weighted by Crippen LogP contribution is 2.14. The van der Waals surface area contributed by atoms with E-state index in [-0.39, 0.29) is 30.0 Å². The number of aromatic nitrogens is 4. The maximum absolute atomic E-state index is 4.52. The molecule has 0 aliphatic carbocycles. The van der Waals surface area contributed by atoms with E-state index < -0.39 is 0 Å². The Kier molecular flexibility index (Phi) is 8.88. The van der Waals surface area contributed by atoms with Crippen LogP contribution in [0.5, 0.6) is 0 Å². The molecule has 0 saturated heterocycles. The minimum Gasteiger partial charge on any atom is -0.354 e. The first-order chi connectivity index (χ1) is 14.0. The largest absolute Gasteiger partial charge is 0.354 e. The third-order valence-corrected chi connectivity index (χ3v) is 5.23. The smallest absolute Gasteiger partial charge is 0.191 e. The second-order valence-corrected chi connectivity index (χ2v) is 7.42. The van der Waals surface area contributed by atoms with E-state index in [4.69, 9.17) is 0 Å². The van der Waals surface area contributed by atoms with Crippen molar-refractivity contribution in [3.8, 4) is 0 Å². The normalized spacial score (nSPS) is 12.4. The highest BCUT2D eigenvalue weighted by Gasteiger charge is 2.14. The minimum atomic E-state index is 0. The molecule has 7 nitrogen and oxygen atoms in total. The zero-order valence-electron chi connectivity index (χ0n) is 18.4. The standard InChI is InChI=1S/C22H31N7.HI/c1-16(13-21-17(2)27-28(5)18(21)3)26-22(23-4)24-14-19-9-6-7-10-20(19)15-29-12-8-11-25-29;/h6-12,16H,13-15H2,1-5H3,(H2,23,24,26);1H. The van der Waals surface area contributed by atoms with Crippen molar-refractivity contribution in [2.45, 2.75) is 46.3 Å². The molecule has 3 aromatic rings. The van der Waals surface area contributed by atoms with E-state index in [0.717, 1.165) is 24.6 Å². The molecule has 2 aromatic heterocycles. The van der Waals surface area contributed by atoms with Gasteiger partial charge in [-0.1, -0.05) is 24.3 Å². The Bertz CT molecular complexity index is 960. The molecule has 3 rings (SSSR count). The number of aliphatic imine (C=N–C) groups is 1. The average molecular weight is 521 g/mol. The molecular formula is C22H32IN7. The molecule has 0 aliphatic rings. The summed E-state index contributed by atoms with van der Waals surface area (Å²) >= 11 is 0. The molecule has 0 spiro atoms. The molecule has 2 heterocycles. The van der Waals surface area contributed by atoms with E-state index in [0.29, 0.717) is 6.54 Å². The van der Waals surface area contributed by atoms with Gasteiger partial charge >= 0.3 is 0 Å². The first-order valence-corrected chi connectivity index (χ1v) is 9.98. The van der Waals surface area contributed by atoms with Gasteiger partial charge in [0.2, 0.25) is 0 Å². The van der Waals surface area contributed by atoms with Crippen LogP contribution in [0.2, 0.25) is 0 Å². The first-order valence-electron chi connectivity index (χ1n) is 9.98. The Hall–Kier alpha value is -2.36. The van der Waals surface area contributed by atoms with Crippen LogP contribution in [0.25, 0.3) is 0 Å². The van der Waals surface area contributed by atoms with Gasteiger partial charge in [0.05, 0.1) is 12.2 Å². The number of halogens is 1. The topological polar surface area (TPSA) is 72.1 Å².